The lowest BCUT2D eigenvalue weighted by atomic mass is 10.2. The van der Waals surface area contributed by atoms with Gasteiger partial charge in [-0.15, -0.1) is 0 Å². The van der Waals surface area contributed by atoms with E-state index in [0.29, 0.717) is 5.82 Å². The SMILES string of the molecule is C/C=C/c1ccc(NS(=O)(=O)c2ccc(C)cc2)nc1. The normalized spacial score (nSPS) is 11.7. The van der Waals surface area contributed by atoms with Crippen LogP contribution in [0, 0.1) is 6.92 Å². The number of hydrogen-bond acceptors (Lipinski definition) is 3. The highest BCUT2D eigenvalue weighted by molar-refractivity contribution is 7.92. The predicted molar refractivity (Wildman–Crippen MR) is 80.9 cm³/mol. The lowest BCUT2D eigenvalue weighted by Crippen LogP contribution is -2.13. The van der Waals surface area contributed by atoms with Crippen LogP contribution in [0.25, 0.3) is 6.08 Å². The van der Waals surface area contributed by atoms with Gasteiger partial charge in [0.1, 0.15) is 5.82 Å². The van der Waals surface area contributed by atoms with Crippen LogP contribution in [0.4, 0.5) is 5.82 Å². The van der Waals surface area contributed by atoms with Crippen LogP contribution in [-0.4, -0.2) is 13.4 Å². The lowest BCUT2D eigenvalue weighted by molar-refractivity contribution is 0.601. The molecule has 2 rings (SSSR count). The second-order valence-corrected chi connectivity index (χ2v) is 6.08. The predicted octanol–water partition coefficient (Wildman–Crippen LogP) is 3.22. The monoisotopic (exact) mass is 288 g/mol. The molecule has 0 bridgehead atoms. The van der Waals surface area contributed by atoms with Crippen molar-refractivity contribution in [3.05, 3.63) is 59.8 Å². The lowest BCUT2D eigenvalue weighted by Gasteiger charge is -2.07. The molecule has 4 nitrogen and oxygen atoms in total. The van der Waals surface area contributed by atoms with Gasteiger partial charge >= 0.3 is 0 Å². The molecule has 1 N–H and O–H groups in total. The number of aryl methyl sites for hydroxylation is 1. The quantitative estimate of drug-likeness (QED) is 0.939. The molecule has 0 aliphatic heterocycles. The minimum absolute atomic E-state index is 0.224. The first kappa shape index (κ1) is 14.3. The molecule has 1 aromatic carbocycles. The summed E-state index contributed by atoms with van der Waals surface area (Å²) in [7, 11) is -3.59. The van der Waals surface area contributed by atoms with Crippen molar-refractivity contribution >= 4 is 21.9 Å². The summed E-state index contributed by atoms with van der Waals surface area (Å²) < 4.78 is 26.8. The highest BCUT2D eigenvalue weighted by Crippen LogP contribution is 2.15. The van der Waals surface area contributed by atoms with Crippen molar-refractivity contribution in [2.24, 2.45) is 0 Å². The number of allylic oxidation sites excluding steroid dienone is 1. The Kier molecular flexibility index (Phi) is 4.20. The second kappa shape index (κ2) is 5.88. The molecule has 0 spiro atoms. The molecule has 0 radical (unpaired) electrons. The van der Waals surface area contributed by atoms with E-state index in [1.165, 1.54) is 0 Å². The van der Waals surface area contributed by atoms with E-state index in [1.807, 2.05) is 26.0 Å². The molecule has 0 saturated carbocycles. The van der Waals surface area contributed by atoms with E-state index in [1.54, 1.807) is 42.6 Å². The summed E-state index contributed by atoms with van der Waals surface area (Å²) in [5.41, 5.74) is 1.93. The Morgan fingerprint density at radius 3 is 2.35 bits per heavy atom. The molecule has 20 heavy (non-hydrogen) atoms. The van der Waals surface area contributed by atoms with Gasteiger partial charge < -0.3 is 0 Å². The molecule has 1 heterocycles. The highest BCUT2D eigenvalue weighted by atomic mass is 32.2. The summed E-state index contributed by atoms with van der Waals surface area (Å²) in [6.45, 7) is 3.82. The minimum Gasteiger partial charge on any atom is -0.263 e. The smallest absolute Gasteiger partial charge is 0.263 e. The van der Waals surface area contributed by atoms with Gasteiger partial charge in [-0.3, -0.25) is 4.72 Å². The summed E-state index contributed by atoms with van der Waals surface area (Å²) in [5.74, 6) is 0.304. The van der Waals surface area contributed by atoms with Gasteiger partial charge in [0.25, 0.3) is 10.0 Å². The van der Waals surface area contributed by atoms with Crippen LogP contribution in [0.2, 0.25) is 0 Å². The van der Waals surface area contributed by atoms with Crippen LogP contribution in [0.15, 0.2) is 53.6 Å². The van der Waals surface area contributed by atoms with Crippen LogP contribution < -0.4 is 4.72 Å². The van der Waals surface area contributed by atoms with Gasteiger partial charge in [-0.05, 0) is 43.7 Å². The van der Waals surface area contributed by atoms with Crippen LogP contribution in [-0.2, 0) is 10.0 Å². The third-order valence-corrected chi connectivity index (χ3v) is 4.09. The average molecular weight is 288 g/mol. The first-order valence-corrected chi connectivity index (χ1v) is 7.68. The van der Waals surface area contributed by atoms with Crippen LogP contribution in [0.1, 0.15) is 18.1 Å². The van der Waals surface area contributed by atoms with E-state index in [0.717, 1.165) is 11.1 Å². The van der Waals surface area contributed by atoms with Gasteiger partial charge in [-0.1, -0.05) is 29.8 Å². The van der Waals surface area contributed by atoms with Gasteiger partial charge in [0.15, 0.2) is 0 Å². The standard InChI is InChI=1S/C15H16N2O2S/c1-3-4-13-7-10-15(16-11-13)17-20(18,19)14-8-5-12(2)6-9-14/h3-11H,1-2H3,(H,16,17)/b4-3+. The number of hydrogen-bond donors (Lipinski definition) is 1. The van der Waals surface area contributed by atoms with Crippen LogP contribution in [0.3, 0.4) is 0 Å². The summed E-state index contributed by atoms with van der Waals surface area (Å²) in [5, 5.41) is 0. The van der Waals surface area contributed by atoms with Crippen molar-refractivity contribution in [1.82, 2.24) is 4.98 Å². The number of rotatable bonds is 4. The van der Waals surface area contributed by atoms with Crippen molar-refractivity contribution in [3.63, 3.8) is 0 Å². The molecule has 0 fully saturated rings. The molecule has 0 aliphatic rings. The van der Waals surface area contributed by atoms with Crippen molar-refractivity contribution in [3.8, 4) is 0 Å². The molecular formula is C15H16N2O2S. The molecule has 104 valence electrons. The summed E-state index contributed by atoms with van der Waals surface area (Å²) in [4.78, 5) is 4.31. The largest absolute Gasteiger partial charge is 0.263 e. The van der Waals surface area contributed by atoms with Crippen molar-refractivity contribution in [1.29, 1.82) is 0 Å². The molecule has 0 aliphatic carbocycles. The van der Waals surface area contributed by atoms with E-state index >= 15 is 0 Å². The van der Waals surface area contributed by atoms with Crippen molar-refractivity contribution < 1.29 is 8.42 Å². The second-order valence-electron chi connectivity index (χ2n) is 4.40. The molecule has 0 unspecified atom stereocenters. The fourth-order valence-electron chi connectivity index (χ4n) is 1.67. The molecule has 5 heteroatoms. The maximum atomic E-state index is 12.2. The minimum atomic E-state index is -3.59. The van der Waals surface area contributed by atoms with Crippen LogP contribution in [0.5, 0.6) is 0 Å². The zero-order chi connectivity index (χ0) is 14.6. The Morgan fingerprint density at radius 2 is 1.80 bits per heavy atom. The van der Waals surface area contributed by atoms with E-state index in [2.05, 4.69) is 9.71 Å². The first-order valence-electron chi connectivity index (χ1n) is 6.19. The molecule has 0 atom stereocenters. The summed E-state index contributed by atoms with van der Waals surface area (Å²) in [6, 6.07) is 10.1. The van der Waals surface area contributed by atoms with Crippen molar-refractivity contribution in [2.75, 3.05) is 4.72 Å². The average Bonchev–Trinajstić information content (AvgIpc) is 2.41. The van der Waals surface area contributed by atoms with E-state index in [-0.39, 0.29) is 4.90 Å². The zero-order valence-corrected chi connectivity index (χ0v) is 12.2. The maximum Gasteiger partial charge on any atom is 0.263 e. The first-order chi connectivity index (χ1) is 9.51. The highest BCUT2D eigenvalue weighted by Gasteiger charge is 2.14. The third kappa shape index (κ3) is 3.45. The Labute approximate surface area is 119 Å². The van der Waals surface area contributed by atoms with Gasteiger partial charge in [0.2, 0.25) is 0 Å². The number of aromatic nitrogens is 1. The Bertz CT molecular complexity index is 703. The fourth-order valence-corrected chi connectivity index (χ4v) is 2.68. The number of benzene rings is 1. The fraction of sp³-hybridized carbons (Fsp3) is 0.133. The van der Waals surface area contributed by atoms with Gasteiger partial charge in [-0.25, -0.2) is 13.4 Å². The topological polar surface area (TPSA) is 59.1 Å². The van der Waals surface area contributed by atoms with E-state index in [9.17, 15) is 8.42 Å². The number of sulfonamides is 1. The Balaban J connectivity index is 2.21. The number of nitrogens with zero attached hydrogens (tertiary/aromatic N) is 1. The number of nitrogens with one attached hydrogen (secondary N) is 1. The number of anilines is 1. The molecule has 1 aromatic heterocycles. The van der Waals surface area contributed by atoms with Gasteiger partial charge in [-0.2, -0.15) is 0 Å². The Hall–Kier alpha value is -2.14. The zero-order valence-electron chi connectivity index (χ0n) is 11.4. The van der Waals surface area contributed by atoms with Crippen molar-refractivity contribution in [2.45, 2.75) is 18.7 Å². The molecule has 2 aromatic rings. The molecular weight excluding hydrogens is 272 g/mol. The summed E-state index contributed by atoms with van der Waals surface area (Å²) >= 11 is 0. The molecule has 0 amide bonds. The third-order valence-electron chi connectivity index (χ3n) is 2.72. The Morgan fingerprint density at radius 1 is 1.10 bits per heavy atom. The summed E-state index contributed by atoms with van der Waals surface area (Å²) in [6.07, 6.45) is 5.41. The molecule has 0 saturated heterocycles. The van der Waals surface area contributed by atoms with E-state index < -0.39 is 10.0 Å². The maximum absolute atomic E-state index is 12.2. The number of pyridine rings is 1. The van der Waals surface area contributed by atoms with Gasteiger partial charge in [0, 0.05) is 6.20 Å². The van der Waals surface area contributed by atoms with Crippen LogP contribution >= 0.6 is 0 Å². The van der Waals surface area contributed by atoms with E-state index in [4.69, 9.17) is 0 Å². The van der Waals surface area contributed by atoms with Gasteiger partial charge in [0.05, 0.1) is 4.90 Å².